The maximum absolute atomic E-state index is 12.3. The standard InChI is InChI=1S/C17H23N3O3/c21-14-5-3-13(4-6-14)19-16(22)12-7-10-20(11-8-12)17(23)15-2-1-9-18-15/h3-6,12,15,18,21H,1-2,7-11H2,(H,19,22). The summed E-state index contributed by atoms with van der Waals surface area (Å²) >= 11 is 0. The largest absolute Gasteiger partial charge is 0.508 e. The number of nitrogens with zero attached hydrogens (tertiary/aromatic N) is 1. The lowest BCUT2D eigenvalue weighted by atomic mass is 9.95. The molecule has 0 radical (unpaired) electrons. The Bertz CT molecular complexity index is 559. The van der Waals surface area contributed by atoms with Crippen molar-refractivity contribution in [2.24, 2.45) is 5.92 Å². The van der Waals surface area contributed by atoms with Gasteiger partial charge in [-0.1, -0.05) is 0 Å². The second kappa shape index (κ2) is 7.00. The van der Waals surface area contributed by atoms with E-state index in [0.29, 0.717) is 31.6 Å². The number of nitrogens with one attached hydrogen (secondary N) is 2. The van der Waals surface area contributed by atoms with Gasteiger partial charge in [-0.25, -0.2) is 0 Å². The zero-order valence-corrected chi connectivity index (χ0v) is 13.1. The molecule has 2 aliphatic rings. The second-order valence-corrected chi connectivity index (χ2v) is 6.28. The van der Waals surface area contributed by atoms with Crippen LogP contribution < -0.4 is 10.6 Å². The molecular weight excluding hydrogens is 294 g/mol. The number of hydrogen-bond acceptors (Lipinski definition) is 4. The van der Waals surface area contributed by atoms with E-state index in [9.17, 15) is 14.7 Å². The quantitative estimate of drug-likeness (QED) is 0.735. The predicted octanol–water partition coefficient (Wildman–Crippen LogP) is 1.32. The van der Waals surface area contributed by atoms with E-state index in [1.807, 2.05) is 4.90 Å². The van der Waals surface area contributed by atoms with E-state index in [2.05, 4.69) is 10.6 Å². The Morgan fingerprint density at radius 2 is 1.83 bits per heavy atom. The van der Waals surface area contributed by atoms with Crippen LogP contribution in [-0.2, 0) is 9.59 Å². The first kappa shape index (κ1) is 15.8. The molecule has 3 rings (SSSR count). The van der Waals surface area contributed by atoms with Gasteiger partial charge in [-0.3, -0.25) is 9.59 Å². The van der Waals surface area contributed by atoms with E-state index in [-0.39, 0.29) is 29.5 Å². The Balaban J connectivity index is 1.49. The summed E-state index contributed by atoms with van der Waals surface area (Å²) < 4.78 is 0. The highest BCUT2D eigenvalue weighted by molar-refractivity contribution is 5.92. The Hall–Kier alpha value is -2.08. The minimum atomic E-state index is -0.0654. The minimum absolute atomic E-state index is 0.0122. The molecule has 1 aromatic carbocycles. The van der Waals surface area contributed by atoms with Crippen LogP contribution in [0.2, 0.25) is 0 Å². The number of benzene rings is 1. The maximum Gasteiger partial charge on any atom is 0.239 e. The first-order valence-corrected chi connectivity index (χ1v) is 8.25. The zero-order chi connectivity index (χ0) is 16.2. The van der Waals surface area contributed by atoms with Crippen LogP contribution in [0.5, 0.6) is 5.75 Å². The summed E-state index contributed by atoms with van der Waals surface area (Å²) in [5.41, 5.74) is 0.682. The van der Waals surface area contributed by atoms with Gasteiger partial charge in [-0.15, -0.1) is 0 Å². The number of aromatic hydroxyl groups is 1. The molecule has 2 heterocycles. The molecule has 3 N–H and O–H groups in total. The Labute approximate surface area is 135 Å². The Morgan fingerprint density at radius 1 is 1.13 bits per heavy atom. The summed E-state index contributed by atoms with van der Waals surface area (Å²) in [6, 6.07) is 6.42. The topological polar surface area (TPSA) is 81.7 Å². The first-order valence-electron chi connectivity index (χ1n) is 8.25. The van der Waals surface area contributed by atoms with Gasteiger partial charge in [0.05, 0.1) is 6.04 Å². The van der Waals surface area contributed by atoms with Crippen molar-refractivity contribution in [2.45, 2.75) is 31.7 Å². The second-order valence-electron chi connectivity index (χ2n) is 6.28. The normalized spacial score (nSPS) is 22.1. The van der Waals surface area contributed by atoms with Crippen molar-refractivity contribution in [3.63, 3.8) is 0 Å². The lowest BCUT2D eigenvalue weighted by molar-refractivity contribution is -0.136. The van der Waals surface area contributed by atoms with Gasteiger partial charge in [0.25, 0.3) is 0 Å². The molecule has 0 saturated carbocycles. The monoisotopic (exact) mass is 317 g/mol. The lowest BCUT2D eigenvalue weighted by Gasteiger charge is -2.33. The van der Waals surface area contributed by atoms with Gasteiger partial charge < -0.3 is 20.6 Å². The summed E-state index contributed by atoms with van der Waals surface area (Å²) in [7, 11) is 0. The molecule has 6 nitrogen and oxygen atoms in total. The van der Waals surface area contributed by atoms with Crippen LogP contribution in [0.3, 0.4) is 0 Å². The van der Waals surface area contributed by atoms with Gasteiger partial charge in [0, 0.05) is 24.7 Å². The van der Waals surface area contributed by atoms with Crippen molar-refractivity contribution >= 4 is 17.5 Å². The number of likely N-dealkylation sites (tertiary alicyclic amines) is 1. The van der Waals surface area contributed by atoms with Gasteiger partial charge in [0.2, 0.25) is 11.8 Å². The highest BCUT2D eigenvalue weighted by Gasteiger charge is 2.31. The van der Waals surface area contributed by atoms with Crippen molar-refractivity contribution in [2.75, 3.05) is 25.0 Å². The number of anilines is 1. The predicted molar refractivity (Wildman–Crippen MR) is 87.1 cm³/mol. The molecule has 0 aliphatic carbocycles. The molecule has 2 saturated heterocycles. The summed E-state index contributed by atoms with van der Waals surface area (Å²) in [6.07, 6.45) is 3.37. The molecule has 0 bridgehead atoms. The first-order chi connectivity index (χ1) is 11.1. The number of carbonyl (C=O) groups is 2. The molecule has 1 aromatic rings. The van der Waals surface area contributed by atoms with Crippen molar-refractivity contribution in [3.8, 4) is 5.75 Å². The van der Waals surface area contributed by atoms with Crippen LogP contribution in [0.25, 0.3) is 0 Å². The minimum Gasteiger partial charge on any atom is -0.508 e. The van der Waals surface area contributed by atoms with Crippen LogP contribution in [0.15, 0.2) is 24.3 Å². The highest BCUT2D eigenvalue weighted by Crippen LogP contribution is 2.22. The molecule has 2 amide bonds. The molecule has 23 heavy (non-hydrogen) atoms. The smallest absolute Gasteiger partial charge is 0.239 e. The third-order valence-corrected chi connectivity index (χ3v) is 4.67. The number of piperidine rings is 1. The molecular formula is C17H23N3O3. The third kappa shape index (κ3) is 3.82. The molecule has 124 valence electrons. The Morgan fingerprint density at radius 3 is 2.43 bits per heavy atom. The Kier molecular flexibility index (Phi) is 4.81. The van der Waals surface area contributed by atoms with Crippen LogP contribution in [0.4, 0.5) is 5.69 Å². The van der Waals surface area contributed by atoms with E-state index < -0.39 is 0 Å². The molecule has 2 aliphatic heterocycles. The van der Waals surface area contributed by atoms with E-state index in [1.54, 1.807) is 24.3 Å². The van der Waals surface area contributed by atoms with Crippen molar-refractivity contribution in [1.29, 1.82) is 0 Å². The molecule has 0 spiro atoms. The van der Waals surface area contributed by atoms with Crippen molar-refractivity contribution in [1.82, 2.24) is 10.2 Å². The summed E-state index contributed by atoms with van der Waals surface area (Å²) in [5, 5.41) is 15.4. The van der Waals surface area contributed by atoms with Crippen LogP contribution in [-0.4, -0.2) is 47.5 Å². The number of hydrogen-bond donors (Lipinski definition) is 3. The number of phenols is 1. The summed E-state index contributed by atoms with van der Waals surface area (Å²) in [5.74, 6) is 0.279. The number of carbonyl (C=O) groups excluding carboxylic acids is 2. The molecule has 2 fully saturated rings. The van der Waals surface area contributed by atoms with Gasteiger partial charge in [-0.05, 0) is 56.5 Å². The molecule has 0 aromatic heterocycles. The van der Waals surface area contributed by atoms with Gasteiger partial charge in [0.15, 0.2) is 0 Å². The average molecular weight is 317 g/mol. The molecule has 6 heteroatoms. The van der Waals surface area contributed by atoms with Gasteiger partial charge in [-0.2, -0.15) is 0 Å². The lowest BCUT2D eigenvalue weighted by Crippen LogP contribution is -2.48. The molecule has 1 unspecified atom stereocenters. The fraction of sp³-hybridized carbons (Fsp3) is 0.529. The number of phenolic OH excluding ortho intramolecular Hbond substituents is 1. The summed E-state index contributed by atoms with van der Waals surface area (Å²) in [4.78, 5) is 26.5. The fourth-order valence-corrected chi connectivity index (χ4v) is 3.27. The fourth-order valence-electron chi connectivity index (χ4n) is 3.27. The average Bonchev–Trinajstić information content (AvgIpc) is 3.11. The summed E-state index contributed by atoms with van der Waals surface area (Å²) in [6.45, 7) is 2.21. The van der Waals surface area contributed by atoms with E-state index in [0.717, 1.165) is 19.4 Å². The molecule has 1 atom stereocenters. The van der Waals surface area contributed by atoms with Crippen LogP contribution in [0.1, 0.15) is 25.7 Å². The van der Waals surface area contributed by atoms with Gasteiger partial charge in [0.1, 0.15) is 5.75 Å². The maximum atomic E-state index is 12.3. The van der Waals surface area contributed by atoms with E-state index >= 15 is 0 Å². The van der Waals surface area contributed by atoms with Crippen molar-refractivity contribution in [3.05, 3.63) is 24.3 Å². The highest BCUT2D eigenvalue weighted by atomic mass is 16.3. The van der Waals surface area contributed by atoms with E-state index in [4.69, 9.17) is 0 Å². The van der Waals surface area contributed by atoms with E-state index in [1.165, 1.54) is 0 Å². The van der Waals surface area contributed by atoms with Gasteiger partial charge >= 0.3 is 0 Å². The third-order valence-electron chi connectivity index (χ3n) is 4.67. The van der Waals surface area contributed by atoms with Crippen LogP contribution in [0, 0.1) is 5.92 Å². The van der Waals surface area contributed by atoms with Crippen LogP contribution >= 0.6 is 0 Å². The number of amides is 2. The van der Waals surface area contributed by atoms with Crippen molar-refractivity contribution < 1.29 is 14.7 Å². The SMILES string of the molecule is O=C(Nc1ccc(O)cc1)C1CCN(C(=O)C2CCCN2)CC1. The zero-order valence-electron chi connectivity index (χ0n) is 13.1. The number of rotatable bonds is 3.